The summed E-state index contributed by atoms with van der Waals surface area (Å²) in [6.45, 7) is 6.41. The maximum Gasteiger partial charge on any atom is 0.239 e. The van der Waals surface area contributed by atoms with Gasteiger partial charge in [0.1, 0.15) is 5.75 Å². The number of benzene rings is 1. The summed E-state index contributed by atoms with van der Waals surface area (Å²) in [5.74, 6) is 0.203. The van der Waals surface area contributed by atoms with Crippen molar-refractivity contribution < 1.29 is 17.9 Å². The lowest BCUT2D eigenvalue weighted by Gasteiger charge is -2.24. The molecular weight excluding hydrogens is 328 g/mol. The van der Waals surface area contributed by atoms with E-state index >= 15 is 0 Å². The Morgan fingerprint density at radius 1 is 1.25 bits per heavy atom. The lowest BCUT2D eigenvalue weighted by Crippen LogP contribution is -2.45. The second kappa shape index (κ2) is 9.64. The molecule has 1 aromatic carbocycles. The second-order valence-corrected chi connectivity index (χ2v) is 7.91. The average Bonchev–Trinajstić information content (AvgIpc) is 2.58. The van der Waals surface area contributed by atoms with E-state index in [0.29, 0.717) is 18.8 Å². The number of methoxy groups -OCH3 is 1. The Kier molecular flexibility index (Phi) is 8.21. The van der Waals surface area contributed by atoms with Crippen LogP contribution < -0.4 is 10.1 Å². The van der Waals surface area contributed by atoms with E-state index in [1.165, 1.54) is 11.2 Å². The Balaban J connectivity index is 2.74. The van der Waals surface area contributed by atoms with Crippen molar-refractivity contribution >= 4 is 15.9 Å². The van der Waals surface area contributed by atoms with Crippen LogP contribution in [0.3, 0.4) is 0 Å². The minimum absolute atomic E-state index is 0.261. The number of ether oxygens (including phenoxy) is 1. The van der Waals surface area contributed by atoms with Crippen molar-refractivity contribution in [2.75, 3.05) is 20.2 Å². The summed E-state index contributed by atoms with van der Waals surface area (Å²) in [6.07, 6.45) is 1.44. The van der Waals surface area contributed by atoms with Gasteiger partial charge in [-0.15, -0.1) is 0 Å². The van der Waals surface area contributed by atoms with Crippen LogP contribution in [0.2, 0.25) is 0 Å². The summed E-state index contributed by atoms with van der Waals surface area (Å²) in [7, 11) is -2.07. The average molecular weight is 356 g/mol. The normalized spacial score (nSPS) is 12.9. The van der Waals surface area contributed by atoms with Crippen molar-refractivity contribution in [1.29, 1.82) is 0 Å². The molecule has 1 rings (SSSR count). The third-order valence-corrected chi connectivity index (χ3v) is 5.92. The highest BCUT2D eigenvalue weighted by Crippen LogP contribution is 2.14. The van der Waals surface area contributed by atoms with E-state index < -0.39 is 21.2 Å². The number of nitrogens with zero attached hydrogens (tertiary/aromatic N) is 1. The van der Waals surface area contributed by atoms with E-state index in [-0.39, 0.29) is 6.54 Å². The summed E-state index contributed by atoms with van der Waals surface area (Å²) < 4.78 is 31.8. The van der Waals surface area contributed by atoms with Gasteiger partial charge in [-0.3, -0.25) is 4.79 Å². The Hall–Kier alpha value is -1.60. The van der Waals surface area contributed by atoms with Gasteiger partial charge >= 0.3 is 0 Å². The molecule has 0 radical (unpaired) electrons. The molecule has 0 heterocycles. The highest BCUT2D eigenvalue weighted by atomic mass is 32.2. The SMILES string of the molecule is CCCN(CCC)S(=O)(=O)C(C)C(=O)NCc1cccc(OC)c1. The van der Waals surface area contributed by atoms with E-state index in [4.69, 9.17) is 4.74 Å². The molecule has 1 aromatic rings. The van der Waals surface area contributed by atoms with E-state index in [1.54, 1.807) is 13.2 Å². The van der Waals surface area contributed by atoms with Gasteiger partial charge in [-0.05, 0) is 37.5 Å². The number of sulfonamides is 1. The van der Waals surface area contributed by atoms with Crippen molar-refractivity contribution in [3.05, 3.63) is 29.8 Å². The van der Waals surface area contributed by atoms with Crippen molar-refractivity contribution in [3.8, 4) is 5.75 Å². The zero-order chi connectivity index (χ0) is 18.2. The monoisotopic (exact) mass is 356 g/mol. The van der Waals surface area contributed by atoms with E-state index in [9.17, 15) is 13.2 Å². The van der Waals surface area contributed by atoms with E-state index in [1.807, 2.05) is 32.0 Å². The molecule has 0 aliphatic rings. The fraction of sp³-hybridized carbons (Fsp3) is 0.588. The molecule has 1 unspecified atom stereocenters. The highest BCUT2D eigenvalue weighted by molar-refractivity contribution is 7.90. The molecule has 0 saturated heterocycles. The molecule has 0 bridgehead atoms. The summed E-state index contributed by atoms with van der Waals surface area (Å²) in [4.78, 5) is 12.3. The largest absolute Gasteiger partial charge is 0.497 e. The summed E-state index contributed by atoms with van der Waals surface area (Å²) in [5.41, 5.74) is 0.853. The van der Waals surface area contributed by atoms with Gasteiger partial charge in [-0.1, -0.05) is 26.0 Å². The Morgan fingerprint density at radius 3 is 2.42 bits per heavy atom. The van der Waals surface area contributed by atoms with Gasteiger partial charge in [0.05, 0.1) is 7.11 Å². The van der Waals surface area contributed by atoms with Crippen molar-refractivity contribution in [2.24, 2.45) is 0 Å². The van der Waals surface area contributed by atoms with Crippen molar-refractivity contribution in [1.82, 2.24) is 9.62 Å². The van der Waals surface area contributed by atoms with Crippen LogP contribution >= 0.6 is 0 Å². The van der Waals surface area contributed by atoms with Gasteiger partial charge in [-0.2, -0.15) is 0 Å². The number of hydrogen-bond acceptors (Lipinski definition) is 4. The molecule has 0 aliphatic heterocycles. The summed E-state index contributed by atoms with van der Waals surface area (Å²) in [5, 5.41) is 1.58. The number of carbonyl (C=O) groups excluding carboxylic acids is 1. The first-order chi connectivity index (χ1) is 11.4. The Morgan fingerprint density at radius 2 is 1.88 bits per heavy atom. The first-order valence-electron chi connectivity index (χ1n) is 8.26. The van der Waals surface area contributed by atoms with Crippen LogP contribution in [0.5, 0.6) is 5.75 Å². The smallest absolute Gasteiger partial charge is 0.239 e. The molecule has 0 spiro atoms. The first kappa shape index (κ1) is 20.4. The number of amides is 1. The van der Waals surface area contributed by atoms with Gasteiger partial charge in [0, 0.05) is 19.6 Å². The minimum atomic E-state index is -3.65. The third-order valence-electron chi connectivity index (χ3n) is 3.72. The van der Waals surface area contributed by atoms with Crippen LogP contribution in [-0.2, 0) is 21.4 Å². The van der Waals surface area contributed by atoms with Crippen LogP contribution in [0.25, 0.3) is 0 Å². The summed E-state index contributed by atoms with van der Waals surface area (Å²) >= 11 is 0. The molecule has 136 valence electrons. The fourth-order valence-corrected chi connectivity index (χ4v) is 4.01. The maximum atomic E-state index is 12.6. The molecule has 6 nitrogen and oxygen atoms in total. The van der Waals surface area contributed by atoms with Gasteiger partial charge in [0.25, 0.3) is 0 Å². The molecule has 1 atom stereocenters. The molecule has 1 N–H and O–H groups in total. The molecule has 0 aliphatic carbocycles. The van der Waals surface area contributed by atoms with Gasteiger partial charge in [-0.25, -0.2) is 12.7 Å². The van der Waals surface area contributed by atoms with Crippen LogP contribution in [0.15, 0.2) is 24.3 Å². The number of hydrogen-bond donors (Lipinski definition) is 1. The van der Waals surface area contributed by atoms with Crippen molar-refractivity contribution in [2.45, 2.75) is 45.4 Å². The summed E-state index contributed by atoms with van der Waals surface area (Å²) in [6, 6.07) is 7.29. The highest BCUT2D eigenvalue weighted by Gasteiger charge is 2.32. The van der Waals surface area contributed by atoms with Crippen molar-refractivity contribution in [3.63, 3.8) is 0 Å². The molecule has 7 heteroatoms. The van der Waals surface area contributed by atoms with E-state index in [2.05, 4.69) is 5.32 Å². The number of nitrogens with one attached hydrogen (secondary N) is 1. The van der Waals surface area contributed by atoms with Crippen LogP contribution in [0, 0.1) is 0 Å². The third kappa shape index (κ3) is 5.49. The predicted octanol–water partition coefficient (Wildman–Crippen LogP) is 2.15. The van der Waals surface area contributed by atoms with Gasteiger partial charge in [0.15, 0.2) is 5.25 Å². The lowest BCUT2D eigenvalue weighted by molar-refractivity contribution is -0.120. The predicted molar refractivity (Wildman–Crippen MR) is 95.4 cm³/mol. The number of rotatable bonds is 10. The minimum Gasteiger partial charge on any atom is -0.497 e. The van der Waals surface area contributed by atoms with Gasteiger partial charge in [0.2, 0.25) is 15.9 Å². The number of carbonyl (C=O) groups is 1. The van der Waals surface area contributed by atoms with Crippen LogP contribution in [0.4, 0.5) is 0 Å². The molecule has 0 fully saturated rings. The molecule has 1 amide bonds. The molecule has 0 saturated carbocycles. The van der Waals surface area contributed by atoms with Gasteiger partial charge < -0.3 is 10.1 Å². The quantitative estimate of drug-likeness (QED) is 0.697. The maximum absolute atomic E-state index is 12.6. The first-order valence-corrected chi connectivity index (χ1v) is 9.76. The zero-order valence-corrected chi connectivity index (χ0v) is 15.7. The van der Waals surface area contributed by atoms with E-state index in [0.717, 1.165) is 18.4 Å². The molecule has 24 heavy (non-hydrogen) atoms. The topological polar surface area (TPSA) is 75.7 Å². The Bertz CT molecular complexity index is 625. The zero-order valence-electron chi connectivity index (χ0n) is 14.9. The lowest BCUT2D eigenvalue weighted by atomic mass is 10.2. The molecular formula is C17H28N2O4S. The second-order valence-electron chi connectivity index (χ2n) is 5.66. The Labute approximate surface area is 145 Å². The standard InChI is InChI=1S/C17H28N2O4S/c1-5-10-19(11-6-2)24(21,22)14(3)17(20)18-13-15-8-7-9-16(12-15)23-4/h7-9,12,14H,5-6,10-11,13H2,1-4H3,(H,18,20). The van der Waals surface area contributed by atoms with Crippen LogP contribution in [-0.4, -0.2) is 44.1 Å². The van der Waals surface area contributed by atoms with Crippen LogP contribution in [0.1, 0.15) is 39.2 Å². The fourth-order valence-electron chi connectivity index (χ4n) is 2.34. The molecule has 0 aromatic heterocycles.